The largest absolute Gasteiger partial charge is 0.493 e. The van der Waals surface area contributed by atoms with Crippen LogP contribution in [-0.4, -0.2) is 30.1 Å². The van der Waals surface area contributed by atoms with Crippen molar-refractivity contribution >= 4 is 22.6 Å². The Morgan fingerprint density at radius 3 is 2.48 bits per heavy atom. The van der Waals surface area contributed by atoms with E-state index < -0.39 is 0 Å². The van der Waals surface area contributed by atoms with Crippen molar-refractivity contribution in [3.05, 3.63) is 36.4 Å². The number of aromatic amines is 1. The lowest BCUT2D eigenvalue weighted by Crippen LogP contribution is -2.08. The number of benzene rings is 2. The van der Waals surface area contributed by atoms with E-state index in [4.69, 9.17) is 9.47 Å². The monoisotopic (exact) mass is 311 g/mol. The minimum atomic E-state index is -0.172. The molecule has 23 heavy (non-hydrogen) atoms. The number of rotatable bonds is 4. The molecule has 0 saturated heterocycles. The fourth-order valence-corrected chi connectivity index (χ4v) is 2.45. The van der Waals surface area contributed by atoms with Gasteiger partial charge in [-0.15, -0.1) is 0 Å². The molecule has 1 amide bonds. The average molecular weight is 311 g/mol. The highest BCUT2D eigenvalue weighted by molar-refractivity contribution is 5.95. The minimum Gasteiger partial charge on any atom is -0.493 e. The van der Waals surface area contributed by atoms with Crippen molar-refractivity contribution in [3.63, 3.8) is 0 Å². The quantitative estimate of drug-likeness (QED) is 0.775. The van der Waals surface area contributed by atoms with Gasteiger partial charge in [0, 0.05) is 18.6 Å². The van der Waals surface area contributed by atoms with E-state index in [0.29, 0.717) is 23.0 Å². The van der Waals surface area contributed by atoms with Crippen molar-refractivity contribution < 1.29 is 14.3 Å². The molecule has 0 bridgehead atoms. The van der Waals surface area contributed by atoms with E-state index in [1.165, 1.54) is 6.92 Å². The zero-order valence-corrected chi connectivity index (χ0v) is 13.1. The lowest BCUT2D eigenvalue weighted by molar-refractivity contribution is -0.114. The number of para-hydroxylation sites is 2. The number of amides is 1. The number of imidazole rings is 1. The van der Waals surface area contributed by atoms with Crippen LogP contribution in [0.4, 0.5) is 5.69 Å². The molecule has 6 heteroatoms. The van der Waals surface area contributed by atoms with Crippen LogP contribution in [-0.2, 0) is 4.79 Å². The molecule has 0 aliphatic rings. The summed E-state index contributed by atoms with van der Waals surface area (Å²) in [5.74, 6) is 1.58. The molecule has 3 rings (SSSR count). The maximum absolute atomic E-state index is 11.5. The van der Waals surface area contributed by atoms with E-state index in [2.05, 4.69) is 15.3 Å². The van der Waals surface area contributed by atoms with Gasteiger partial charge in [-0.2, -0.15) is 0 Å². The van der Waals surface area contributed by atoms with Crippen molar-refractivity contribution in [3.8, 4) is 22.9 Å². The highest BCUT2D eigenvalue weighted by Crippen LogP contribution is 2.38. The van der Waals surface area contributed by atoms with E-state index in [1.54, 1.807) is 26.4 Å². The summed E-state index contributed by atoms with van der Waals surface area (Å²) in [7, 11) is 3.12. The molecule has 6 nitrogen and oxygen atoms in total. The number of carbonyl (C=O) groups excluding carboxylic acids is 1. The maximum Gasteiger partial charge on any atom is 0.221 e. The van der Waals surface area contributed by atoms with Gasteiger partial charge in [-0.25, -0.2) is 4.98 Å². The highest BCUT2D eigenvalue weighted by atomic mass is 16.5. The van der Waals surface area contributed by atoms with Gasteiger partial charge in [-0.1, -0.05) is 12.1 Å². The van der Waals surface area contributed by atoms with Crippen LogP contribution in [0.2, 0.25) is 0 Å². The molecule has 0 atom stereocenters. The lowest BCUT2D eigenvalue weighted by Gasteiger charge is -2.14. The standard InChI is InChI=1S/C17H17N3O3/c1-10(21)18-14-9-16(23-3)15(22-2)8-11(14)17-19-12-6-4-5-7-13(12)20-17/h4-9H,1-3H3,(H,18,21)(H,19,20). The molecule has 0 spiro atoms. The number of hydrogen-bond acceptors (Lipinski definition) is 4. The molecule has 0 radical (unpaired) electrons. The zero-order chi connectivity index (χ0) is 16.4. The molecule has 1 heterocycles. The molecular formula is C17H17N3O3. The summed E-state index contributed by atoms with van der Waals surface area (Å²) < 4.78 is 10.7. The summed E-state index contributed by atoms with van der Waals surface area (Å²) in [6, 6.07) is 11.3. The summed E-state index contributed by atoms with van der Waals surface area (Å²) in [4.78, 5) is 19.3. The molecule has 2 N–H and O–H groups in total. The van der Waals surface area contributed by atoms with Crippen LogP contribution in [0, 0.1) is 0 Å². The van der Waals surface area contributed by atoms with E-state index in [0.717, 1.165) is 16.6 Å². The molecule has 0 aliphatic heterocycles. The lowest BCUT2D eigenvalue weighted by atomic mass is 10.1. The van der Waals surface area contributed by atoms with Gasteiger partial charge in [0.15, 0.2) is 11.5 Å². The summed E-state index contributed by atoms with van der Waals surface area (Å²) in [5.41, 5.74) is 3.11. The fourth-order valence-electron chi connectivity index (χ4n) is 2.45. The van der Waals surface area contributed by atoms with Gasteiger partial charge in [0.1, 0.15) is 5.82 Å². The van der Waals surface area contributed by atoms with E-state index in [1.807, 2.05) is 24.3 Å². The van der Waals surface area contributed by atoms with Crippen molar-refractivity contribution in [2.45, 2.75) is 6.92 Å². The number of hydrogen-bond donors (Lipinski definition) is 2. The number of fused-ring (bicyclic) bond motifs is 1. The van der Waals surface area contributed by atoms with E-state index >= 15 is 0 Å². The maximum atomic E-state index is 11.5. The van der Waals surface area contributed by atoms with Crippen molar-refractivity contribution in [1.29, 1.82) is 0 Å². The normalized spacial score (nSPS) is 10.6. The Morgan fingerprint density at radius 2 is 1.83 bits per heavy atom. The van der Waals surface area contributed by atoms with Gasteiger partial charge in [0.25, 0.3) is 0 Å². The topological polar surface area (TPSA) is 76.2 Å². The number of nitrogens with one attached hydrogen (secondary N) is 2. The third-order valence-electron chi connectivity index (χ3n) is 3.48. The first-order valence-electron chi connectivity index (χ1n) is 7.11. The van der Waals surface area contributed by atoms with Crippen LogP contribution in [0.25, 0.3) is 22.4 Å². The van der Waals surface area contributed by atoms with Crippen molar-refractivity contribution in [2.24, 2.45) is 0 Å². The summed E-state index contributed by atoms with van der Waals surface area (Å²) in [6.07, 6.45) is 0. The first kappa shape index (κ1) is 14.9. The molecule has 0 saturated carbocycles. The summed E-state index contributed by atoms with van der Waals surface area (Å²) in [5, 5.41) is 2.81. The van der Waals surface area contributed by atoms with Gasteiger partial charge < -0.3 is 19.8 Å². The third-order valence-corrected chi connectivity index (χ3v) is 3.48. The van der Waals surface area contributed by atoms with Crippen LogP contribution in [0.15, 0.2) is 36.4 Å². The van der Waals surface area contributed by atoms with Gasteiger partial charge in [-0.05, 0) is 18.2 Å². The Balaban J connectivity index is 2.20. The number of H-pyrrole nitrogens is 1. The Bertz CT molecular complexity index is 838. The molecule has 2 aromatic carbocycles. The van der Waals surface area contributed by atoms with Crippen LogP contribution in [0.5, 0.6) is 11.5 Å². The third kappa shape index (κ3) is 2.83. The first-order chi connectivity index (χ1) is 11.1. The van der Waals surface area contributed by atoms with Gasteiger partial charge in [-0.3, -0.25) is 4.79 Å². The van der Waals surface area contributed by atoms with Gasteiger partial charge in [0.05, 0.1) is 30.9 Å². The predicted molar refractivity (Wildman–Crippen MR) is 88.9 cm³/mol. The Morgan fingerprint density at radius 1 is 1.13 bits per heavy atom. The Labute approximate surface area is 133 Å². The van der Waals surface area contributed by atoms with Gasteiger partial charge >= 0.3 is 0 Å². The Kier molecular flexibility index (Phi) is 3.89. The average Bonchev–Trinajstić information content (AvgIpc) is 2.97. The molecule has 0 unspecified atom stereocenters. The smallest absolute Gasteiger partial charge is 0.221 e. The molecule has 0 fully saturated rings. The van der Waals surface area contributed by atoms with Crippen LogP contribution >= 0.6 is 0 Å². The molecule has 1 aromatic heterocycles. The zero-order valence-electron chi connectivity index (χ0n) is 13.1. The van der Waals surface area contributed by atoms with E-state index in [-0.39, 0.29) is 5.91 Å². The fraction of sp³-hybridized carbons (Fsp3) is 0.176. The molecule has 0 aliphatic carbocycles. The van der Waals surface area contributed by atoms with Gasteiger partial charge in [0.2, 0.25) is 5.91 Å². The summed E-state index contributed by atoms with van der Waals surface area (Å²) in [6.45, 7) is 1.46. The SMILES string of the molecule is COc1cc(NC(C)=O)c(-c2nc3ccccc3[nH]2)cc1OC. The number of aromatic nitrogens is 2. The molecular weight excluding hydrogens is 294 g/mol. The number of anilines is 1. The highest BCUT2D eigenvalue weighted by Gasteiger charge is 2.16. The minimum absolute atomic E-state index is 0.172. The second kappa shape index (κ2) is 6.00. The number of carbonyl (C=O) groups is 1. The van der Waals surface area contributed by atoms with Crippen LogP contribution in [0.3, 0.4) is 0 Å². The summed E-state index contributed by atoms with van der Waals surface area (Å²) >= 11 is 0. The van der Waals surface area contributed by atoms with Crippen molar-refractivity contribution in [1.82, 2.24) is 9.97 Å². The molecule has 3 aromatic rings. The Hall–Kier alpha value is -3.02. The number of ether oxygens (including phenoxy) is 2. The van der Waals surface area contributed by atoms with Crippen LogP contribution < -0.4 is 14.8 Å². The predicted octanol–water partition coefficient (Wildman–Crippen LogP) is 3.21. The number of methoxy groups -OCH3 is 2. The second-order valence-corrected chi connectivity index (χ2v) is 5.04. The first-order valence-corrected chi connectivity index (χ1v) is 7.11. The number of nitrogens with zero attached hydrogens (tertiary/aromatic N) is 1. The second-order valence-electron chi connectivity index (χ2n) is 5.04. The van der Waals surface area contributed by atoms with Crippen LogP contribution in [0.1, 0.15) is 6.92 Å². The van der Waals surface area contributed by atoms with E-state index in [9.17, 15) is 4.79 Å². The molecule has 118 valence electrons. The van der Waals surface area contributed by atoms with Crippen molar-refractivity contribution in [2.75, 3.05) is 19.5 Å².